The molecule has 190 valence electrons. The molecule has 0 radical (unpaired) electrons. The van der Waals surface area contributed by atoms with E-state index >= 15 is 0 Å². The summed E-state index contributed by atoms with van der Waals surface area (Å²) < 4.78 is 5.91. The van der Waals surface area contributed by atoms with Crippen molar-refractivity contribution < 1.29 is 29.0 Å². The van der Waals surface area contributed by atoms with Crippen LogP contribution >= 0.6 is 0 Å². The van der Waals surface area contributed by atoms with Crippen LogP contribution in [0.5, 0.6) is 11.5 Å². The van der Waals surface area contributed by atoms with Gasteiger partial charge in [-0.3, -0.25) is 24.1 Å². The van der Waals surface area contributed by atoms with Gasteiger partial charge in [0.05, 0.1) is 18.1 Å². The molecular weight excluding hydrogens is 470 g/mol. The molecular formula is C30H29NO6. The molecule has 0 unspecified atom stereocenters. The van der Waals surface area contributed by atoms with E-state index in [9.17, 15) is 24.3 Å². The predicted octanol–water partition coefficient (Wildman–Crippen LogP) is 3.97. The minimum absolute atomic E-state index is 0.115. The van der Waals surface area contributed by atoms with E-state index < -0.39 is 23.3 Å². The lowest BCUT2D eigenvalue weighted by atomic mass is 9.58. The second kappa shape index (κ2) is 7.88. The maximum atomic E-state index is 13.7. The molecule has 7 heteroatoms. The maximum absolute atomic E-state index is 13.7. The highest BCUT2D eigenvalue weighted by Gasteiger charge is 2.58. The number of likely N-dealkylation sites (tertiary alicyclic amines) is 1. The van der Waals surface area contributed by atoms with Crippen molar-refractivity contribution in [2.45, 2.75) is 52.5 Å². The Hall–Kier alpha value is -3.74. The molecule has 5 aliphatic rings. The van der Waals surface area contributed by atoms with E-state index in [2.05, 4.69) is 0 Å². The third-order valence-electron chi connectivity index (χ3n) is 8.38. The Kier molecular flexibility index (Phi) is 5.03. The lowest BCUT2D eigenvalue weighted by Crippen LogP contribution is -2.46. The van der Waals surface area contributed by atoms with E-state index in [1.54, 1.807) is 31.4 Å². The summed E-state index contributed by atoms with van der Waals surface area (Å²) in [5.41, 5.74) is 3.10. The molecule has 2 heterocycles. The Bertz CT molecular complexity index is 1430. The molecule has 6 rings (SSSR count). The Labute approximate surface area is 215 Å². The van der Waals surface area contributed by atoms with Crippen LogP contribution in [-0.2, 0) is 25.6 Å². The number of ether oxygens (including phenoxy) is 1. The monoisotopic (exact) mass is 499 g/mol. The summed E-state index contributed by atoms with van der Waals surface area (Å²) in [5, 5.41) is 10.0. The molecule has 7 nitrogen and oxygen atoms in total. The first-order chi connectivity index (χ1) is 17.5. The van der Waals surface area contributed by atoms with Gasteiger partial charge in [0.2, 0.25) is 11.8 Å². The first-order valence-corrected chi connectivity index (χ1v) is 12.7. The fraction of sp³-hybridized carbons (Fsp3) is 0.400. The summed E-state index contributed by atoms with van der Waals surface area (Å²) in [6, 6.07) is 4.89. The summed E-state index contributed by atoms with van der Waals surface area (Å²) in [6.07, 6.45) is 6.15. The molecule has 1 saturated heterocycles. The van der Waals surface area contributed by atoms with Gasteiger partial charge in [-0.05, 0) is 76.3 Å². The van der Waals surface area contributed by atoms with Crippen LogP contribution in [0.25, 0.3) is 0 Å². The number of phenolic OH excluding ortho intramolecular Hbond substituents is 1. The second-order valence-corrected chi connectivity index (χ2v) is 11.7. The van der Waals surface area contributed by atoms with Crippen LogP contribution in [-0.4, -0.2) is 38.9 Å². The molecule has 2 aliphatic heterocycles. The van der Waals surface area contributed by atoms with Gasteiger partial charge in [-0.25, -0.2) is 0 Å². The molecule has 4 atom stereocenters. The molecule has 37 heavy (non-hydrogen) atoms. The minimum Gasteiger partial charge on any atom is -0.508 e. The number of fused-ring (bicyclic) bond motifs is 4. The number of Topliss-reactive ketones (excluding diaryl/α,β-unsaturated/α-hetero) is 1. The number of amides is 2. The van der Waals surface area contributed by atoms with Crippen molar-refractivity contribution in [3.63, 3.8) is 0 Å². The maximum Gasteiger partial charge on any atom is 0.234 e. The summed E-state index contributed by atoms with van der Waals surface area (Å²) in [6.45, 7) is 7.20. The van der Waals surface area contributed by atoms with Crippen LogP contribution in [0.4, 0.5) is 0 Å². The van der Waals surface area contributed by atoms with E-state index in [1.807, 2.05) is 26.8 Å². The number of carbonyl (C=O) groups is 4. The number of carbonyl (C=O) groups excluding carboxylic acids is 4. The van der Waals surface area contributed by atoms with Crippen LogP contribution < -0.4 is 4.74 Å². The number of allylic oxidation sites excluding steroid dienone is 7. The van der Waals surface area contributed by atoms with Crippen LogP contribution in [0, 0.1) is 23.7 Å². The molecule has 0 aromatic heterocycles. The van der Waals surface area contributed by atoms with Crippen LogP contribution in [0.15, 0.2) is 64.5 Å². The van der Waals surface area contributed by atoms with E-state index in [0.717, 1.165) is 16.7 Å². The van der Waals surface area contributed by atoms with Gasteiger partial charge in [-0.1, -0.05) is 11.6 Å². The Morgan fingerprint density at radius 3 is 2.54 bits per heavy atom. The van der Waals surface area contributed by atoms with Crippen molar-refractivity contribution in [2.24, 2.45) is 23.7 Å². The number of ketones is 2. The Morgan fingerprint density at radius 1 is 1.05 bits per heavy atom. The van der Waals surface area contributed by atoms with Crippen LogP contribution in [0.2, 0.25) is 0 Å². The molecule has 1 N–H and O–H groups in total. The van der Waals surface area contributed by atoms with Gasteiger partial charge < -0.3 is 9.84 Å². The molecule has 0 saturated carbocycles. The molecule has 1 aromatic rings. The summed E-state index contributed by atoms with van der Waals surface area (Å²) in [5.74, 6) is -1.94. The molecule has 1 fully saturated rings. The van der Waals surface area contributed by atoms with Gasteiger partial charge >= 0.3 is 0 Å². The zero-order chi connectivity index (χ0) is 26.4. The summed E-state index contributed by atoms with van der Waals surface area (Å²) >= 11 is 0. The van der Waals surface area contributed by atoms with Crippen molar-refractivity contribution in [1.29, 1.82) is 0 Å². The third kappa shape index (κ3) is 3.40. The van der Waals surface area contributed by atoms with Crippen molar-refractivity contribution in [3.8, 4) is 11.5 Å². The quantitative estimate of drug-likeness (QED) is 0.357. The van der Waals surface area contributed by atoms with Gasteiger partial charge in [0, 0.05) is 40.2 Å². The van der Waals surface area contributed by atoms with Gasteiger partial charge in [0.15, 0.2) is 11.6 Å². The third-order valence-corrected chi connectivity index (χ3v) is 8.38. The van der Waals surface area contributed by atoms with Crippen molar-refractivity contribution in [3.05, 3.63) is 70.0 Å². The van der Waals surface area contributed by atoms with Gasteiger partial charge in [0.1, 0.15) is 11.5 Å². The van der Waals surface area contributed by atoms with Crippen LogP contribution in [0.3, 0.4) is 0 Å². The first kappa shape index (κ1) is 23.6. The molecule has 2 amide bonds. The van der Waals surface area contributed by atoms with E-state index in [4.69, 9.17) is 4.74 Å². The zero-order valence-corrected chi connectivity index (χ0v) is 21.3. The Balaban J connectivity index is 1.48. The molecule has 1 aromatic carbocycles. The second-order valence-electron chi connectivity index (χ2n) is 11.7. The average Bonchev–Trinajstić information content (AvgIpc) is 3.11. The number of benzene rings is 1. The number of phenols is 1. The largest absolute Gasteiger partial charge is 0.508 e. The van der Waals surface area contributed by atoms with Gasteiger partial charge in [-0.15, -0.1) is 0 Å². The number of rotatable bonds is 1. The SMILES string of the molecule is CC1=CC(=O)C2=C(C[C@@H]3C(=CC[C@@H]4C(=O)N(C(C)(C)C)C(=O)[C@@H]43)[C@@H]2C2=COc3ccc(O)cc3C2)C1=O. The number of hydrogen-bond acceptors (Lipinski definition) is 6. The lowest BCUT2D eigenvalue weighted by Gasteiger charge is -2.43. The molecule has 3 aliphatic carbocycles. The summed E-state index contributed by atoms with van der Waals surface area (Å²) in [7, 11) is 0. The fourth-order valence-corrected chi connectivity index (χ4v) is 6.85. The first-order valence-electron chi connectivity index (χ1n) is 12.7. The van der Waals surface area contributed by atoms with E-state index in [-0.39, 0.29) is 41.5 Å². The minimum atomic E-state index is -0.647. The molecule has 0 spiro atoms. The van der Waals surface area contributed by atoms with Crippen LogP contribution in [0.1, 0.15) is 46.1 Å². The zero-order valence-electron chi connectivity index (χ0n) is 21.3. The van der Waals surface area contributed by atoms with Crippen molar-refractivity contribution >= 4 is 23.4 Å². The van der Waals surface area contributed by atoms with Gasteiger partial charge in [0.25, 0.3) is 0 Å². The number of imide groups is 1. The highest BCUT2D eigenvalue weighted by molar-refractivity contribution is 6.23. The highest BCUT2D eigenvalue weighted by Crippen LogP contribution is 2.55. The fourth-order valence-electron chi connectivity index (χ4n) is 6.85. The normalized spacial score (nSPS) is 29.1. The topological polar surface area (TPSA) is 101 Å². The Morgan fingerprint density at radius 2 is 1.81 bits per heavy atom. The highest BCUT2D eigenvalue weighted by atomic mass is 16.5. The average molecular weight is 500 g/mol. The van der Waals surface area contributed by atoms with Crippen molar-refractivity contribution in [1.82, 2.24) is 4.90 Å². The lowest BCUT2D eigenvalue weighted by molar-refractivity contribution is -0.145. The standard InChI is InChI=1S/C30H29NO6/c1-14-9-22(33)26-21(27(14)34)12-20-18(6-7-19-25(20)29(36)31(28(19)35)30(2,3)4)24(26)16-10-15-11-17(32)5-8-23(15)37-13-16/h5-6,8-9,11,13,19-20,24-25,32H,7,10,12H2,1-4H3/t19-,20+,24-,25-/m0/s1. The van der Waals surface area contributed by atoms with E-state index in [0.29, 0.717) is 35.3 Å². The number of aromatic hydroxyl groups is 1. The van der Waals surface area contributed by atoms with Gasteiger partial charge in [-0.2, -0.15) is 0 Å². The van der Waals surface area contributed by atoms with E-state index in [1.165, 1.54) is 11.0 Å². The van der Waals surface area contributed by atoms with Crippen molar-refractivity contribution in [2.75, 3.05) is 0 Å². The predicted molar refractivity (Wildman–Crippen MR) is 134 cm³/mol. The smallest absolute Gasteiger partial charge is 0.234 e. The molecule has 0 bridgehead atoms. The summed E-state index contributed by atoms with van der Waals surface area (Å²) in [4.78, 5) is 55.2. The number of hydrogen-bond donors (Lipinski definition) is 1. The number of nitrogens with zero attached hydrogens (tertiary/aromatic N) is 1.